The summed E-state index contributed by atoms with van der Waals surface area (Å²) >= 11 is 0. The highest BCUT2D eigenvalue weighted by Crippen LogP contribution is 2.30. The Kier molecular flexibility index (Phi) is 6.63. The number of urea groups is 1. The van der Waals surface area contributed by atoms with Gasteiger partial charge >= 0.3 is 6.03 Å². The zero-order valence-corrected chi connectivity index (χ0v) is 16.8. The summed E-state index contributed by atoms with van der Waals surface area (Å²) in [4.78, 5) is 20.8. The molecule has 7 heteroatoms. The van der Waals surface area contributed by atoms with Gasteiger partial charge in [0.05, 0.1) is 30.9 Å². The number of rotatable bonds is 7. The number of benzene rings is 2. The van der Waals surface area contributed by atoms with Gasteiger partial charge in [-0.2, -0.15) is 0 Å². The first-order valence-electron chi connectivity index (χ1n) is 9.47. The molecule has 0 saturated carbocycles. The van der Waals surface area contributed by atoms with Gasteiger partial charge in [0.25, 0.3) is 0 Å². The Morgan fingerprint density at radius 2 is 1.93 bits per heavy atom. The van der Waals surface area contributed by atoms with E-state index in [1.165, 1.54) is 5.56 Å². The predicted molar refractivity (Wildman–Crippen MR) is 115 cm³/mol. The van der Waals surface area contributed by atoms with Crippen LogP contribution in [0.25, 0.3) is 11.3 Å². The lowest BCUT2D eigenvalue weighted by atomic mass is 10.1. The fourth-order valence-electron chi connectivity index (χ4n) is 2.90. The Morgan fingerprint density at radius 1 is 1.14 bits per heavy atom. The standard InChI is InChI=1S/C22H25N5O2/c1-4-24-22(28)27-18-11-10-17(12-20(18)29-3)19-13-23-14-21(26-19)25-15(2)16-8-6-5-7-9-16/h5-15H,4H2,1-3H3,(H,25,26)(H2,24,27,28)/t15-/m0/s1. The Labute approximate surface area is 170 Å². The summed E-state index contributed by atoms with van der Waals surface area (Å²) < 4.78 is 5.43. The van der Waals surface area contributed by atoms with E-state index in [4.69, 9.17) is 4.74 Å². The summed E-state index contributed by atoms with van der Waals surface area (Å²) in [5, 5.41) is 8.85. The van der Waals surface area contributed by atoms with Crippen molar-refractivity contribution >= 4 is 17.5 Å². The van der Waals surface area contributed by atoms with Gasteiger partial charge in [-0.1, -0.05) is 36.4 Å². The van der Waals surface area contributed by atoms with Crippen molar-refractivity contribution in [1.82, 2.24) is 15.3 Å². The molecule has 1 heterocycles. The number of hydrogen-bond donors (Lipinski definition) is 3. The normalized spacial score (nSPS) is 11.4. The summed E-state index contributed by atoms with van der Waals surface area (Å²) in [6, 6.07) is 15.5. The van der Waals surface area contributed by atoms with Gasteiger partial charge in [-0.15, -0.1) is 0 Å². The SMILES string of the molecule is CCNC(=O)Nc1ccc(-c2cncc(N[C@@H](C)c3ccccc3)n2)cc1OC. The molecule has 0 saturated heterocycles. The van der Waals surface area contributed by atoms with Crippen LogP contribution in [0.2, 0.25) is 0 Å². The van der Waals surface area contributed by atoms with E-state index in [0.717, 1.165) is 5.56 Å². The van der Waals surface area contributed by atoms with E-state index in [1.807, 2.05) is 37.3 Å². The predicted octanol–water partition coefficient (Wildman–Crippen LogP) is 4.47. The monoisotopic (exact) mass is 391 g/mol. The minimum Gasteiger partial charge on any atom is -0.495 e. The molecule has 1 atom stereocenters. The molecule has 0 unspecified atom stereocenters. The molecule has 0 spiro atoms. The van der Waals surface area contributed by atoms with Crippen molar-refractivity contribution in [2.24, 2.45) is 0 Å². The largest absolute Gasteiger partial charge is 0.495 e. The third kappa shape index (κ3) is 5.22. The van der Waals surface area contributed by atoms with E-state index in [9.17, 15) is 4.79 Å². The number of aromatic nitrogens is 2. The van der Waals surface area contributed by atoms with Crippen LogP contribution in [0.4, 0.5) is 16.3 Å². The van der Waals surface area contributed by atoms with Crippen molar-refractivity contribution in [2.75, 3.05) is 24.3 Å². The first-order valence-corrected chi connectivity index (χ1v) is 9.47. The van der Waals surface area contributed by atoms with Crippen LogP contribution in [0.1, 0.15) is 25.5 Å². The molecule has 2 aromatic carbocycles. The van der Waals surface area contributed by atoms with Crippen molar-refractivity contribution in [2.45, 2.75) is 19.9 Å². The van der Waals surface area contributed by atoms with Gasteiger partial charge in [0, 0.05) is 18.2 Å². The van der Waals surface area contributed by atoms with Gasteiger partial charge in [-0.05, 0) is 31.5 Å². The van der Waals surface area contributed by atoms with Gasteiger partial charge in [-0.25, -0.2) is 9.78 Å². The fraction of sp³-hybridized carbons (Fsp3) is 0.227. The quantitative estimate of drug-likeness (QED) is 0.553. The van der Waals surface area contributed by atoms with Crippen molar-refractivity contribution in [3.8, 4) is 17.0 Å². The van der Waals surface area contributed by atoms with Crippen molar-refractivity contribution in [3.63, 3.8) is 0 Å². The third-order valence-electron chi connectivity index (χ3n) is 4.38. The number of anilines is 2. The minimum atomic E-state index is -0.278. The number of carbonyl (C=O) groups excluding carboxylic acids is 1. The molecule has 0 fully saturated rings. The summed E-state index contributed by atoms with van der Waals surface area (Å²) in [6.45, 7) is 4.48. The highest BCUT2D eigenvalue weighted by molar-refractivity contribution is 5.91. The minimum absolute atomic E-state index is 0.0962. The topological polar surface area (TPSA) is 88.2 Å². The molecule has 0 radical (unpaired) electrons. The number of carbonyl (C=O) groups is 1. The summed E-state index contributed by atoms with van der Waals surface area (Å²) in [6.07, 6.45) is 3.40. The molecule has 3 N–H and O–H groups in total. The van der Waals surface area contributed by atoms with Crippen LogP contribution in [-0.4, -0.2) is 29.7 Å². The van der Waals surface area contributed by atoms with Crippen molar-refractivity contribution < 1.29 is 9.53 Å². The molecule has 1 aromatic heterocycles. The third-order valence-corrected chi connectivity index (χ3v) is 4.38. The number of amides is 2. The molecule has 0 bridgehead atoms. The Balaban J connectivity index is 1.80. The van der Waals surface area contributed by atoms with Crippen LogP contribution in [0.3, 0.4) is 0 Å². The zero-order chi connectivity index (χ0) is 20.6. The molecule has 150 valence electrons. The van der Waals surface area contributed by atoms with Crippen molar-refractivity contribution in [1.29, 1.82) is 0 Å². The van der Waals surface area contributed by atoms with Crippen LogP contribution in [0.5, 0.6) is 5.75 Å². The van der Waals surface area contributed by atoms with Gasteiger partial charge in [0.15, 0.2) is 0 Å². The second-order valence-electron chi connectivity index (χ2n) is 6.47. The number of methoxy groups -OCH3 is 1. The van der Waals surface area contributed by atoms with E-state index in [1.54, 1.807) is 25.6 Å². The number of hydrogen-bond acceptors (Lipinski definition) is 5. The van der Waals surface area contributed by atoms with Crippen LogP contribution in [0.15, 0.2) is 60.9 Å². The van der Waals surface area contributed by atoms with Gasteiger partial charge in [0.2, 0.25) is 0 Å². The molecule has 0 aliphatic carbocycles. The van der Waals surface area contributed by atoms with Crippen LogP contribution < -0.4 is 20.7 Å². The molecule has 3 aromatic rings. The van der Waals surface area contributed by atoms with E-state index in [-0.39, 0.29) is 12.1 Å². The van der Waals surface area contributed by atoms with E-state index in [0.29, 0.717) is 29.5 Å². The molecule has 0 aliphatic heterocycles. The summed E-state index contributed by atoms with van der Waals surface area (Å²) in [7, 11) is 1.56. The highest BCUT2D eigenvalue weighted by Gasteiger charge is 2.11. The molecule has 3 rings (SSSR count). The Bertz CT molecular complexity index is 962. The maximum Gasteiger partial charge on any atom is 0.319 e. The molecular weight excluding hydrogens is 366 g/mol. The van der Waals surface area contributed by atoms with Gasteiger partial charge in [-0.3, -0.25) is 4.98 Å². The van der Waals surface area contributed by atoms with Crippen molar-refractivity contribution in [3.05, 3.63) is 66.5 Å². The highest BCUT2D eigenvalue weighted by atomic mass is 16.5. The first kappa shape index (κ1) is 20.1. The maximum atomic E-state index is 11.8. The van der Waals surface area contributed by atoms with E-state index < -0.39 is 0 Å². The van der Waals surface area contributed by atoms with Crippen LogP contribution >= 0.6 is 0 Å². The summed E-state index contributed by atoms with van der Waals surface area (Å²) in [5.74, 6) is 1.23. The molecule has 2 amide bonds. The van der Waals surface area contributed by atoms with E-state index >= 15 is 0 Å². The molecule has 29 heavy (non-hydrogen) atoms. The van der Waals surface area contributed by atoms with Gasteiger partial charge in [0.1, 0.15) is 11.6 Å². The lowest BCUT2D eigenvalue weighted by Crippen LogP contribution is -2.28. The summed E-state index contributed by atoms with van der Waals surface area (Å²) in [5.41, 5.74) is 3.30. The zero-order valence-electron chi connectivity index (χ0n) is 16.8. The fourth-order valence-corrected chi connectivity index (χ4v) is 2.90. The first-order chi connectivity index (χ1) is 14.1. The van der Waals surface area contributed by atoms with Gasteiger partial charge < -0.3 is 20.7 Å². The Hall–Kier alpha value is -3.61. The number of nitrogens with one attached hydrogen (secondary N) is 3. The lowest BCUT2D eigenvalue weighted by molar-refractivity contribution is 0.252. The second-order valence-corrected chi connectivity index (χ2v) is 6.47. The molecular formula is C22H25N5O2. The molecule has 7 nitrogen and oxygen atoms in total. The van der Waals surface area contributed by atoms with E-state index in [2.05, 4.69) is 45.0 Å². The number of nitrogens with zero attached hydrogens (tertiary/aromatic N) is 2. The van der Waals surface area contributed by atoms with Crippen LogP contribution in [-0.2, 0) is 0 Å². The lowest BCUT2D eigenvalue weighted by Gasteiger charge is -2.15. The maximum absolute atomic E-state index is 11.8. The molecule has 0 aliphatic rings. The average molecular weight is 391 g/mol. The number of ether oxygens (including phenoxy) is 1. The average Bonchev–Trinajstić information content (AvgIpc) is 2.75. The second kappa shape index (κ2) is 9.54. The smallest absolute Gasteiger partial charge is 0.319 e. The Morgan fingerprint density at radius 3 is 2.66 bits per heavy atom. The van der Waals surface area contributed by atoms with Crippen LogP contribution in [0, 0.1) is 0 Å².